The fourth-order valence-corrected chi connectivity index (χ4v) is 3.18. The Morgan fingerprint density at radius 2 is 1.69 bits per heavy atom. The second-order valence-electron chi connectivity index (χ2n) is 7.02. The normalized spacial score (nSPS) is 16.8. The summed E-state index contributed by atoms with van der Waals surface area (Å²) in [4.78, 5) is 18.5. The molecule has 4 rings (SSSR count). The molecule has 1 aliphatic carbocycles. The zero-order valence-corrected chi connectivity index (χ0v) is 14.9. The SMILES string of the molecule is O=C(Nc1ccc(Nc2ccc(N3CCCCC3)cc2)cn1)NC1CC1. The number of aromatic nitrogens is 1. The van der Waals surface area contributed by atoms with Gasteiger partial charge in [-0.15, -0.1) is 0 Å². The summed E-state index contributed by atoms with van der Waals surface area (Å²) < 4.78 is 0. The summed E-state index contributed by atoms with van der Waals surface area (Å²) in [6.07, 6.45) is 7.78. The lowest BCUT2D eigenvalue weighted by Crippen LogP contribution is -2.30. The van der Waals surface area contributed by atoms with Gasteiger partial charge in [0.25, 0.3) is 0 Å². The molecule has 136 valence electrons. The zero-order valence-electron chi connectivity index (χ0n) is 14.9. The molecule has 1 aromatic carbocycles. The molecule has 0 radical (unpaired) electrons. The number of nitrogens with one attached hydrogen (secondary N) is 3. The Morgan fingerprint density at radius 1 is 0.962 bits per heavy atom. The minimum absolute atomic E-state index is 0.186. The monoisotopic (exact) mass is 351 g/mol. The van der Waals surface area contributed by atoms with Crippen molar-refractivity contribution in [3.05, 3.63) is 42.6 Å². The number of hydrogen-bond donors (Lipinski definition) is 3. The van der Waals surface area contributed by atoms with Crippen molar-refractivity contribution in [2.45, 2.75) is 38.1 Å². The van der Waals surface area contributed by atoms with Crippen molar-refractivity contribution in [2.24, 2.45) is 0 Å². The highest BCUT2D eigenvalue weighted by molar-refractivity contribution is 5.88. The van der Waals surface area contributed by atoms with Gasteiger partial charge in [0.05, 0.1) is 11.9 Å². The summed E-state index contributed by atoms with van der Waals surface area (Å²) >= 11 is 0. The van der Waals surface area contributed by atoms with Crippen molar-refractivity contribution in [1.29, 1.82) is 0 Å². The molecular weight excluding hydrogens is 326 g/mol. The van der Waals surface area contributed by atoms with Crippen LogP contribution in [-0.2, 0) is 0 Å². The third-order valence-corrected chi connectivity index (χ3v) is 4.79. The fourth-order valence-electron chi connectivity index (χ4n) is 3.18. The lowest BCUT2D eigenvalue weighted by Gasteiger charge is -2.28. The number of benzene rings is 1. The lowest BCUT2D eigenvalue weighted by molar-refractivity contribution is 0.251. The highest BCUT2D eigenvalue weighted by atomic mass is 16.2. The molecular formula is C20H25N5O. The van der Waals surface area contributed by atoms with Crippen LogP contribution in [0.15, 0.2) is 42.6 Å². The van der Waals surface area contributed by atoms with E-state index in [0.717, 1.165) is 37.3 Å². The van der Waals surface area contributed by atoms with E-state index in [1.807, 2.05) is 6.07 Å². The van der Waals surface area contributed by atoms with E-state index in [1.165, 1.54) is 24.9 Å². The zero-order chi connectivity index (χ0) is 17.8. The largest absolute Gasteiger partial charge is 0.372 e. The number of rotatable bonds is 5. The van der Waals surface area contributed by atoms with Crippen molar-refractivity contribution < 1.29 is 4.79 Å². The number of anilines is 4. The predicted molar refractivity (Wildman–Crippen MR) is 105 cm³/mol. The average Bonchev–Trinajstić information content (AvgIpc) is 3.48. The summed E-state index contributed by atoms with van der Waals surface area (Å²) in [5.74, 6) is 0.550. The Morgan fingerprint density at radius 3 is 2.35 bits per heavy atom. The van der Waals surface area contributed by atoms with Gasteiger partial charge in [0.2, 0.25) is 0 Å². The van der Waals surface area contributed by atoms with Crippen LogP contribution in [0.2, 0.25) is 0 Å². The van der Waals surface area contributed by atoms with Crippen LogP contribution in [0.5, 0.6) is 0 Å². The van der Waals surface area contributed by atoms with Gasteiger partial charge in [-0.1, -0.05) is 0 Å². The molecule has 26 heavy (non-hydrogen) atoms. The number of carbonyl (C=O) groups is 1. The number of carbonyl (C=O) groups excluding carboxylic acids is 1. The average molecular weight is 351 g/mol. The van der Waals surface area contributed by atoms with Crippen molar-refractivity contribution >= 4 is 28.9 Å². The van der Waals surface area contributed by atoms with Crippen LogP contribution in [0.25, 0.3) is 0 Å². The Kier molecular flexibility index (Phi) is 4.91. The number of nitrogens with zero attached hydrogens (tertiary/aromatic N) is 2. The lowest BCUT2D eigenvalue weighted by atomic mass is 10.1. The van der Waals surface area contributed by atoms with Gasteiger partial charge in [0.15, 0.2) is 0 Å². The molecule has 1 saturated heterocycles. The van der Waals surface area contributed by atoms with E-state index in [9.17, 15) is 4.79 Å². The quantitative estimate of drug-likeness (QED) is 0.758. The minimum atomic E-state index is -0.186. The first kappa shape index (κ1) is 16.7. The smallest absolute Gasteiger partial charge is 0.320 e. The van der Waals surface area contributed by atoms with E-state index in [2.05, 4.69) is 50.1 Å². The van der Waals surface area contributed by atoms with E-state index in [-0.39, 0.29) is 6.03 Å². The molecule has 6 nitrogen and oxygen atoms in total. The maximum absolute atomic E-state index is 11.7. The molecule has 1 aliphatic heterocycles. The van der Waals surface area contributed by atoms with Crippen LogP contribution in [0, 0.1) is 0 Å². The Balaban J connectivity index is 1.32. The molecule has 1 aromatic heterocycles. The molecule has 2 amide bonds. The maximum Gasteiger partial charge on any atom is 0.320 e. The van der Waals surface area contributed by atoms with Crippen LogP contribution >= 0.6 is 0 Å². The predicted octanol–water partition coefficient (Wildman–Crippen LogP) is 4.10. The molecule has 6 heteroatoms. The van der Waals surface area contributed by atoms with E-state index < -0.39 is 0 Å². The van der Waals surface area contributed by atoms with Crippen molar-refractivity contribution in [3.8, 4) is 0 Å². The van der Waals surface area contributed by atoms with E-state index in [1.54, 1.807) is 12.3 Å². The number of amides is 2. The molecule has 2 fully saturated rings. The molecule has 2 aromatic rings. The molecule has 2 heterocycles. The van der Waals surface area contributed by atoms with E-state index in [4.69, 9.17) is 0 Å². The standard InChI is InChI=1S/C20H25N5O/c26-20(23-16-4-5-16)24-19-11-8-17(14-21-19)22-15-6-9-18(10-7-15)25-12-2-1-3-13-25/h6-11,14,16,22H,1-5,12-13H2,(H2,21,23,24,26). The molecule has 0 atom stereocenters. The molecule has 0 bridgehead atoms. The van der Waals surface area contributed by atoms with Crippen molar-refractivity contribution in [3.63, 3.8) is 0 Å². The summed E-state index contributed by atoms with van der Waals surface area (Å²) in [5.41, 5.74) is 3.21. The molecule has 0 unspecified atom stereocenters. The number of urea groups is 1. The second kappa shape index (κ2) is 7.64. The van der Waals surface area contributed by atoms with Gasteiger partial charge >= 0.3 is 6.03 Å². The summed E-state index contributed by atoms with van der Waals surface area (Å²) in [6.45, 7) is 2.30. The molecule has 0 spiro atoms. The van der Waals surface area contributed by atoms with Crippen molar-refractivity contribution in [2.75, 3.05) is 28.6 Å². The number of piperidine rings is 1. The Bertz CT molecular complexity index is 734. The van der Waals surface area contributed by atoms with Crippen LogP contribution in [-0.4, -0.2) is 30.1 Å². The highest BCUT2D eigenvalue weighted by Crippen LogP contribution is 2.24. The molecule has 1 saturated carbocycles. The van der Waals surface area contributed by atoms with Crippen molar-refractivity contribution in [1.82, 2.24) is 10.3 Å². The maximum atomic E-state index is 11.7. The molecule has 3 N–H and O–H groups in total. The van der Waals surface area contributed by atoms with Gasteiger partial charge in [-0.2, -0.15) is 0 Å². The van der Waals surface area contributed by atoms with E-state index in [0.29, 0.717) is 11.9 Å². The van der Waals surface area contributed by atoms with Gasteiger partial charge in [0, 0.05) is 30.5 Å². The first-order valence-corrected chi connectivity index (χ1v) is 9.42. The summed E-state index contributed by atoms with van der Waals surface area (Å²) in [6, 6.07) is 12.4. The number of pyridine rings is 1. The van der Waals surface area contributed by atoms with Crippen LogP contribution in [0.1, 0.15) is 32.1 Å². The van der Waals surface area contributed by atoms with Gasteiger partial charge in [-0.05, 0) is 68.5 Å². The van der Waals surface area contributed by atoms with E-state index >= 15 is 0 Å². The summed E-state index contributed by atoms with van der Waals surface area (Å²) in [7, 11) is 0. The molecule has 2 aliphatic rings. The topological polar surface area (TPSA) is 69.3 Å². The third kappa shape index (κ3) is 4.45. The fraction of sp³-hybridized carbons (Fsp3) is 0.400. The Hall–Kier alpha value is -2.76. The highest BCUT2D eigenvalue weighted by Gasteiger charge is 2.23. The van der Waals surface area contributed by atoms with Crippen LogP contribution < -0.4 is 20.9 Å². The van der Waals surface area contributed by atoms with Crippen LogP contribution in [0.3, 0.4) is 0 Å². The third-order valence-electron chi connectivity index (χ3n) is 4.79. The van der Waals surface area contributed by atoms with Gasteiger partial charge in [-0.25, -0.2) is 9.78 Å². The van der Waals surface area contributed by atoms with Gasteiger partial charge in [0.1, 0.15) is 5.82 Å². The Labute approximate surface area is 154 Å². The number of hydrogen-bond acceptors (Lipinski definition) is 4. The first-order chi connectivity index (χ1) is 12.8. The van der Waals surface area contributed by atoms with Crippen LogP contribution in [0.4, 0.5) is 27.7 Å². The summed E-state index contributed by atoms with van der Waals surface area (Å²) in [5, 5.41) is 8.98. The minimum Gasteiger partial charge on any atom is -0.372 e. The van der Waals surface area contributed by atoms with Gasteiger partial charge < -0.3 is 15.5 Å². The second-order valence-corrected chi connectivity index (χ2v) is 7.02. The first-order valence-electron chi connectivity index (χ1n) is 9.42. The van der Waals surface area contributed by atoms with Gasteiger partial charge in [-0.3, -0.25) is 5.32 Å².